The third-order valence-corrected chi connectivity index (χ3v) is 3.49. The summed E-state index contributed by atoms with van der Waals surface area (Å²) in [7, 11) is 1.61. The quantitative estimate of drug-likeness (QED) is 0.933. The van der Waals surface area contributed by atoms with Crippen molar-refractivity contribution in [1.29, 1.82) is 0 Å². The second kappa shape index (κ2) is 5.36. The zero-order valence-electron chi connectivity index (χ0n) is 11.4. The average Bonchev–Trinajstić information content (AvgIpc) is 2.92. The van der Waals surface area contributed by atoms with Crippen LogP contribution < -0.4 is 10.1 Å². The molecule has 1 aliphatic heterocycles. The number of aromatic nitrogens is 2. The van der Waals surface area contributed by atoms with Gasteiger partial charge in [0, 0.05) is 24.8 Å². The Kier molecular flexibility index (Phi) is 3.41. The molecule has 5 nitrogen and oxygen atoms in total. The maximum absolute atomic E-state index is 12.2. The Morgan fingerprint density at radius 2 is 2.10 bits per heavy atom. The number of aryl methyl sites for hydroxylation is 2. The number of ether oxygens (including phenoxy) is 1. The molecule has 1 aromatic heterocycles. The number of carbonyl (C=O) groups is 1. The predicted molar refractivity (Wildman–Crippen MR) is 76.1 cm³/mol. The fraction of sp³-hybridized carbons (Fsp3) is 0.333. The normalized spacial score (nSPS) is 13.7. The van der Waals surface area contributed by atoms with Gasteiger partial charge in [-0.2, -0.15) is 0 Å². The van der Waals surface area contributed by atoms with Crippen molar-refractivity contribution in [3.05, 3.63) is 42.0 Å². The van der Waals surface area contributed by atoms with Crippen molar-refractivity contribution in [3.63, 3.8) is 0 Å². The van der Waals surface area contributed by atoms with Crippen LogP contribution in [0.2, 0.25) is 0 Å². The number of nitrogens with zero attached hydrogens (tertiary/aromatic N) is 2. The number of anilines is 1. The first-order valence-corrected chi connectivity index (χ1v) is 6.78. The smallest absolute Gasteiger partial charge is 0.275 e. The summed E-state index contributed by atoms with van der Waals surface area (Å²) in [6.07, 6.45) is 5.10. The summed E-state index contributed by atoms with van der Waals surface area (Å²) in [5.74, 6) is 1.61. The Labute approximate surface area is 117 Å². The van der Waals surface area contributed by atoms with E-state index in [1.54, 1.807) is 7.11 Å². The third-order valence-electron chi connectivity index (χ3n) is 3.49. The molecule has 1 N–H and O–H groups in total. The topological polar surface area (TPSA) is 56.1 Å². The minimum Gasteiger partial charge on any atom is -0.497 e. The van der Waals surface area contributed by atoms with E-state index in [2.05, 4.69) is 14.9 Å². The van der Waals surface area contributed by atoms with Crippen molar-refractivity contribution in [1.82, 2.24) is 9.55 Å². The lowest BCUT2D eigenvalue weighted by molar-refractivity contribution is 0.102. The van der Waals surface area contributed by atoms with Gasteiger partial charge in [0.15, 0.2) is 0 Å². The number of rotatable bonds is 3. The van der Waals surface area contributed by atoms with Crippen LogP contribution in [0.15, 0.2) is 30.5 Å². The van der Waals surface area contributed by atoms with Gasteiger partial charge >= 0.3 is 0 Å². The molecule has 0 fully saturated rings. The van der Waals surface area contributed by atoms with Crippen molar-refractivity contribution >= 4 is 11.6 Å². The van der Waals surface area contributed by atoms with Crippen LogP contribution in [-0.4, -0.2) is 22.6 Å². The number of hydrogen-bond donors (Lipinski definition) is 1. The number of fused-ring (bicyclic) bond motifs is 1. The Balaban J connectivity index is 1.73. The molecule has 3 rings (SSSR count). The molecule has 1 aromatic carbocycles. The number of amides is 1. The number of imidazole rings is 1. The molecule has 2 aromatic rings. The van der Waals surface area contributed by atoms with E-state index in [1.165, 1.54) is 0 Å². The van der Waals surface area contributed by atoms with E-state index in [1.807, 2.05) is 30.5 Å². The first kappa shape index (κ1) is 12.7. The lowest BCUT2D eigenvalue weighted by atomic mass is 10.2. The van der Waals surface area contributed by atoms with Crippen LogP contribution in [0.3, 0.4) is 0 Å². The second-order valence-corrected chi connectivity index (χ2v) is 4.88. The van der Waals surface area contributed by atoms with Gasteiger partial charge in [0.25, 0.3) is 5.91 Å². The van der Waals surface area contributed by atoms with Crippen molar-refractivity contribution in [3.8, 4) is 5.75 Å². The summed E-state index contributed by atoms with van der Waals surface area (Å²) in [6, 6.07) is 7.25. The minimum absolute atomic E-state index is 0.169. The van der Waals surface area contributed by atoms with E-state index < -0.39 is 0 Å². The summed E-state index contributed by atoms with van der Waals surface area (Å²) < 4.78 is 7.16. The summed E-state index contributed by atoms with van der Waals surface area (Å²) in [4.78, 5) is 16.6. The largest absolute Gasteiger partial charge is 0.497 e. The maximum Gasteiger partial charge on any atom is 0.275 e. The Bertz CT molecular complexity index is 593. The molecule has 0 saturated carbocycles. The number of hydrogen-bond acceptors (Lipinski definition) is 3. The van der Waals surface area contributed by atoms with Crippen molar-refractivity contribution < 1.29 is 9.53 Å². The zero-order chi connectivity index (χ0) is 13.9. The highest BCUT2D eigenvalue weighted by Crippen LogP contribution is 2.17. The SMILES string of the molecule is COc1ccc(NC(=O)c2cn3c(n2)CCCC3)cc1. The molecule has 104 valence electrons. The number of carbonyl (C=O) groups excluding carboxylic acids is 1. The van der Waals surface area contributed by atoms with E-state index in [0.717, 1.165) is 43.1 Å². The van der Waals surface area contributed by atoms with Crippen LogP contribution in [0.1, 0.15) is 29.2 Å². The van der Waals surface area contributed by atoms with Gasteiger partial charge in [0.05, 0.1) is 7.11 Å². The molecule has 0 aliphatic carbocycles. The lowest BCUT2D eigenvalue weighted by Gasteiger charge is -2.11. The molecule has 0 bridgehead atoms. The van der Waals surface area contributed by atoms with Gasteiger partial charge in [-0.25, -0.2) is 4.98 Å². The van der Waals surface area contributed by atoms with Gasteiger partial charge in [-0.05, 0) is 37.1 Å². The van der Waals surface area contributed by atoms with E-state index in [0.29, 0.717) is 5.69 Å². The number of nitrogens with one attached hydrogen (secondary N) is 1. The molecule has 2 heterocycles. The minimum atomic E-state index is -0.169. The third kappa shape index (κ3) is 2.52. The van der Waals surface area contributed by atoms with E-state index in [9.17, 15) is 4.79 Å². The Morgan fingerprint density at radius 1 is 1.30 bits per heavy atom. The van der Waals surface area contributed by atoms with Crippen LogP contribution in [0.5, 0.6) is 5.75 Å². The molecule has 5 heteroatoms. The molecule has 0 radical (unpaired) electrons. The molecular weight excluding hydrogens is 254 g/mol. The Hall–Kier alpha value is -2.30. The molecule has 0 unspecified atom stereocenters. The van der Waals surface area contributed by atoms with Crippen molar-refractivity contribution in [2.45, 2.75) is 25.8 Å². The molecule has 0 spiro atoms. The summed E-state index contributed by atoms with van der Waals surface area (Å²) in [5, 5.41) is 2.85. The van der Waals surface area contributed by atoms with Gasteiger partial charge in [-0.15, -0.1) is 0 Å². The first-order valence-electron chi connectivity index (χ1n) is 6.78. The fourth-order valence-corrected chi connectivity index (χ4v) is 2.39. The van der Waals surface area contributed by atoms with Crippen LogP contribution in [0.25, 0.3) is 0 Å². The standard InChI is InChI=1S/C15H17N3O2/c1-20-12-7-5-11(6-8-12)16-15(19)13-10-18-9-3-2-4-14(18)17-13/h5-8,10H,2-4,9H2,1H3,(H,16,19). The molecule has 1 amide bonds. The highest BCUT2D eigenvalue weighted by atomic mass is 16.5. The van der Waals surface area contributed by atoms with E-state index >= 15 is 0 Å². The van der Waals surface area contributed by atoms with Crippen LogP contribution in [0.4, 0.5) is 5.69 Å². The maximum atomic E-state index is 12.2. The molecule has 1 aliphatic rings. The van der Waals surface area contributed by atoms with E-state index in [-0.39, 0.29) is 5.91 Å². The monoisotopic (exact) mass is 271 g/mol. The lowest BCUT2D eigenvalue weighted by Crippen LogP contribution is -2.12. The molecular formula is C15H17N3O2. The van der Waals surface area contributed by atoms with Crippen molar-refractivity contribution in [2.75, 3.05) is 12.4 Å². The van der Waals surface area contributed by atoms with E-state index in [4.69, 9.17) is 4.74 Å². The van der Waals surface area contributed by atoms with Gasteiger partial charge in [-0.3, -0.25) is 4.79 Å². The number of benzene rings is 1. The van der Waals surface area contributed by atoms with Gasteiger partial charge in [0.2, 0.25) is 0 Å². The van der Waals surface area contributed by atoms with Crippen LogP contribution >= 0.6 is 0 Å². The van der Waals surface area contributed by atoms with Gasteiger partial charge < -0.3 is 14.6 Å². The first-order chi connectivity index (χ1) is 9.76. The molecule has 20 heavy (non-hydrogen) atoms. The predicted octanol–water partition coefficient (Wildman–Crippen LogP) is 2.48. The summed E-state index contributed by atoms with van der Waals surface area (Å²) in [6.45, 7) is 0.956. The van der Waals surface area contributed by atoms with Gasteiger partial charge in [-0.1, -0.05) is 0 Å². The average molecular weight is 271 g/mol. The second-order valence-electron chi connectivity index (χ2n) is 4.88. The van der Waals surface area contributed by atoms with Crippen molar-refractivity contribution in [2.24, 2.45) is 0 Å². The summed E-state index contributed by atoms with van der Waals surface area (Å²) in [5.41, 5.74) is 1.22. The Morgan fingerprint density at radius 3 is 2.80 bits per heavy atom. The summed E-state index contributed by atoms with van der Waals surface area (Å²) >= 11 is 0. The molecule has 0 saturated heterocycles. The highest BCUT2D eigenvalue weighted by molar-refractivity contribution is 6.02. The van der Waals surface area contributed by atoms with Crippen LogP contribution in [0, 0.1) is 0 Å². The number of methoxy groups -OCH3 is 1. The van der Waals surface area contributed by atoms with Gasteiger partial charge in [0.1, 0.15) is 17.3 Å². The van der Waals surface area contributed by atoms with Crippen LogP contribution in [-0.2, 0) is 13.0 Å². The fourth-order valence-electron chi connectivity index (χ4n) is 2.39. The molecule has 0 atom stereocenters. The highest BCUT2D eigenvalue weighted by Gasteiger charge is 2.16. The zero-order valence-corrected chi connectivity index (χ0v) is 11.4.